The van der Waals surface area contributed by atoms with Gasteiger partial charge in [0.25, 0.3) is 0 Å². The Morgan fingerprint density at radius 2 is 2.19 bits per heavy atom. The zero-order valence-corrected chi connectivity index (χ0v) is 16.4. The van der Waals surface area contributed by atoms with E-state index in [9.17, 15) is 12.8 Å². The smallest absolute Gasteiger partial charge is 0.194 e. The van der Waals surface area contributed by atoms with Crippen LogP contribution in [-0.2, 0) is 22.8 Å². The van der Waals surface area contributed by atoms with E-state index >= 15 is 0 Å². The zero-order valence-electron chi connectivity index (χ0n) is 15.5. The number of hydrogen-bond donors (Lipinski definition) is 1. The van der Waals surface area contributed by atoms with Crippen LogP contribution in [0.5, 0.6) is 0 Å². The Balaban J connectivity index is 1.69. The molecule has 1 saturated heterocycles. The third-order valence-corrected chi connectivity index (χ3v) is 6.80. The Bertz CT molecular complexity index is 777. The molecule has 2 aliphatic rings. The normalized spacial score (nSPS) is 22.5. The molecule has 1 atom stereocenters. The lowest BCUT2D eigenvalue weighted by atomic mass is 10.00. The van der Waals surface area contributed by atoms with Gasteiger partial charge in [-0.2, -0.15) is 0 Å². The Hall–Kier alpha value is -1.63. The van der Waals surface area contributed by atoms with Crippen LogP contribution in [0.2, 0.25) is 0 Å². The summed E-state index contributed by atoms with van der Waals surface area (Å²) in [5.74, 6) is 1.71. The molecular formula is C19H28FN3O2S. The van der Waals surface area contributed by atoms with Crippen LogP contribution in [-0.4, -0.2) is 50.4 Å². The van der Waals surface area contributed by atoms with Gasteiger partial charge >= 0.3 is 0 Å². The van der Waals surface area contributed by atoms with E-state index in [0.29, 0.717) is 32.0 Å². The van der Waals surface area contributed by atoms with Gasteiger partial charge in [-0.15, -0.1) is 0 Å². The fourth-order valence-corrected chi connectivity index (χ4v) is 5.37. The van der Waals surface area contributed by atoms with Crippen LogP contribution in [0, 0.1) is 17.7 Å². The number of rotatable bonds is 4. The summed E-state index contributed by atoms with van der Waals surface area (Å²) in [6, 6.07) is 4.98. The van der Waals surface area contributed by atoms with Crippen LogP contribution in [0.1, 0.15) is 31.4 Å². The molecule has 144 valence electrons. The maximum absolute atomic E-state index is 13.6. The van der Waals surface area contributed by atoms with Gasteiger partial charge in [-0.25, -0.2) is 12.8 Å². The van der Waals surface area contributed by atoms with Crippen molar-refractivity contribution in [1.29, 1.82) is 0 Å². The summed E-state index contributed by atoms with van der Waals surface area (Å²) in [6.07, 6.45) is 1.57. The molecule has 1 aromatic rings. The molecule has 0 spiro atoms. The minimum atomic E-state index is -2.87. The van der Waals surface area contributed by atoms with Gasteiger partial charge in [0.2, 0.25) is 0 Å². The number of benzene rings is 1. The van der Waals surface area contributed by atoms with E-state index in [4.69, 9.17) is 4.99 Å². The lowest BCUT2D eigenvalue weighted by Crippen LogP contribution is -2.45. The van der Waals surface area contributed by atoms with Crippen molar-refractivity contribution in [3.63, 3.8) is 0 Å². The van der Waals surface area contributed by atoms with Crippen molar-refractivity contribution in [1.82, 2.24) is 10.2 Å². The maximum Gasteiger partial charge on any atom is 0.194 e. The second-order valence-corrected chi connectivity index (χ2v) is 10.0. The van der Waals surface area contributed by atoms with Crippen molar-refractivity contribution in [3.05, 3.63) is 35.1 Å². The Kier molecular flexibility index (Phi) is 5.85. The molecule has 1 N–H and O–H groups in total. The zero-order chi connectivity index (χ0) is 18.7. The third kappa shape index (κ3) is 4.96. The summed E-state index contributed by atoms with van der Waals surface area (Å²) >= 11 is 0. The number of nitrogens with zero attached hydrogens (tertiary/aromatic N) is 2. The highest BCUT2D eigenvalue weighted by Gasteiger charge is 2.28. The average molecular weight is 382 g/mol. The van der Waals surface area contributed by atoms with Crippen LogP contribution >= 0.6 is 0 Å². The van der Waals surface area contributed by atoms with Crippen molar-refractivity contribution < 1.29 is 12.8 Å². The van der Waals surface area contributed by atoms with Gasteiger partial charge in [0.05, 0.1) is 11.5 Å². The maximum atomic E-state index is 13.6. The molecule has 0 radical (unpaired) electrons. The topological polar surface area (TPSA) is 61.8 Å². The molecular weight excluding hydrogens is 353 g/mol. The minimum absolute atomic E-state index is 0.138. The molecule has 1 unspecified atom stereocenters. The summed E-state index contributed by atoms with van der Waals surface area (Å²) in [5.41, 5.74) is 2.19. The van der Waals surface area contributed by atoms with Crippen molar-refractivity contribution >= 4 is 15.8 Å². The molecule has 5 nitrogen and oxygen atoms in total. The van der Waals surface area contributed by atoms with Crippen LogP contribution in [0.15, 0.2) is 23.2 Å². The summed E-state index contributed by atoms with van der Waals surface area (Å²) in [7, 11) is -2.87. The molecule has 0 aliphatic carbocycles. The fraction of sp³-hybridized carbons (Fsp3) is 0.632. The van der Waals surface area contributed by atoms with Gasteiger partial charge < -0.3 is 10.2 Å². The number of hydrogen-bond acceptors (Lipinski definition) is 3. The van der Waals surface area contributed by atoms with Gasteiger partial charge in [0.15, 0.2) is 15.8 Å². The molecule has 0 saturated carbocycles. The molecule has 7 heteroatoms. The molecule has 2 heterocycles. The van der Waals surface area contributed by atoms with Crippen LogP contribution in [0.25, 0.3) is 0 Å². The van der Waals surface area contributed by atoms with E-state index < -0.39 is 9.84 Å². The highest BCUT2D eigenvalue weighted by atomic mass is 32.2. The van der Waals surface area contributed by atoms with Gasteiger partial charge in [-0.3, -0.25) is 4.99 Å². The standard InChI is InChI=1S/C19H28FN3O2S/c1-14(2)10-21-19(22-11-15-6-8-26(24,25)13-15)23-7-5-16-3-4-18(20)9-17(16)12-23/h3-4,9,14-15H,5-8,10-13H2,1-2H3,(H,21,22). The summed E-state index contributed by atoms with van der Waals surface area (Å²) < 4.78 is 36.9. The first-order chi connectivity index (χ1) is 12.3. The molecule has 1 aromatic carbocycles. The molecule has 0 aromatic heterocycles. The molecule has 1 fully saturated rings. The molecule has 3 rings (SSSR count). The lowest BCUT2D eigenvalue weighted by Gasteiger charge is -2.32. The van der Waals surface area contributed by atoms with Gasteiger partial charge in [0.1, 0.15) is 5.82 Å². The van der Waals surface area contributed by atoms with Crippen LogP contribution in [0.3, 0.4) is 0 Å². The lowest BCUT2D eigenvalue weighted by molar-refractivity contribution is 0.371. The van der Waals surface area contributed by atoms with Crippen molar-refractivity contribution in [2.24, 2.45) is 16.8 Å². The molecule has 0 bridgehead atoms. The van der Waals surface area contributed by atoms with Gasteiger partial charge in [-0.1, -0.05) is 19.9 Å². The monoisotopic (exact) mass is 381 g/mol. The summed E-state index contributed by atoms with van der Waals surface area (Å²) in [6.45, 7) is 7.00. The summed E-state index contributed by atoms with van der Waals surface area (Å²) in [4.78, 5) is 6.87. The van der Waals surface area contributed by atoms with Gasteiger partial charge in [-0.05, 0) is 47.9 Å². The largest absolute Gasteiger partial charge is 0.356 e. The number of aliphatic imine (C=N–C) groups is 1. The fourth-order valence-electron chi connectivity index (χ4n) is 3.51. The Morgan fingerprint density at radius 3 is 2.88 bits per heavy atom. The van der Waals surface area contributed by atoms with E-state index in [0.717, 1.165) is 24.5 Å². The Morgan fingerprint density at radius 1 is 1.38 bits per heavy atom. The first kappa shape index (κ1) is 19.1. The second kappa shape index (κ2) is 7.94. The first-order valence-electron chi connectivity index (χ1n) is 9.33. The van der Waals surface area contributed by atoms with E-state index in [1.165, 1.54) is 11.6 Å². The quantitative estimate of drug-likeness (QED) is 0.642. The SMILES string of the molecule is CC(C)CN=C(NCC1CCS(=O)(=O)C1)N1CCc2ccc(F)cc2C1. The third-order valence-electron chi connectivity index (χ3n) is 4.96. The van der Waals surface area contributed by atoms with Crippen molar-refractivity contribution in [2.45, 2.75) is 33.2 Å². The predicted molar refractivity (Wildman–Crippen MR) is 102 cm³/mol. The van der Waals surface area contributed by atoms with Crippen LogP contribution in [0.4, 0.5) is 4.39 Å². The van der Waals surface area contributed by atoms with E-state index in [1.807, 2.05) is 6.07 Å². The van der Waals surface area contributed by atoms with E-state index in [2.05, 4.69) is 24.1 Å². The summed E-state index contributed by atoms with van der Waals surface area (Å²) in [5, 5.41) is 3.39. The first-order valence-corrected chi connectivity index (χ1v) is 11.2. The number of sulfone groups is 1. The molecule has 0 amide bonds. The van der Waals surface area contributed by atoms with Crippen molar-refractivity contribution in [3.8, 4) is 0 Å². The number of halogens is 1. The Labute approximate surface area is 155 Å². The highest BCUT2D eigenvalue weighted by Crippen LogP contribution is 2.21. The minimum Gasteiger partial charge on any atom is -0.356 e. The average Bonchev–Trinajstić information content (AvgIpc) is 2.93. The predicted octanol–water partition coefficient (Wildman–Crippen LogP) is 2.22. The number of fused-ring (bicyclic) bond motifs is 1. The highest BCUT2D eigenvalue weighted by molar-refractivity contribution is 7.91. The molecule has 2 aliphatic heterocycles. The van der Waals surface area contributed by atoms with Crippen molar-refractivity contribution in [2.75, 3.05) is 31.1 Å². The van der Waals surface area contributed by atoms with Crippen LogP contribution < -0.4 is 5.32 Å². The van der Waals surface area contributed by atoms with Gasteiger partial charge in [0, 0.05) is 26.2 Å². The number of nitrogens with one attached hydrogen (secondary N) is 1. The van der Waals surface area contributed by atoms with E-state index in [1.54, 1.807) is 6.07 Å². The molecule has 26 heavy (non-hydrogen) atoms. The second-order valence-electron chi connectivity index (χ2n) is 7.79. The van der Waals surface area contributed by atoms with E-state index in [-0.39, 0.29) is 23.2 Å². The number of guanidine groups is 1.